The number of benzene rings is 2. The SMILES string of the molecule is CC1Cc2cc(CN(C)C(=O)c3cc(-n4cccn4)ccc3Cl)ccc2O1. The summed E-state index contributed by atoms with van der Waals surface area (Å²) >= 11 is 6.30. The summed E-state index contributed by atoms with van der Waals surface area (Å²) < 4.78 is 7.44. The lowest BCUT2D eigenvalue weighted by Crippen LogP contribution is -2.26. The van der Waals surface area contributed by atoms with Crippen LogP contribution in [0.1, 0.15) is 28.4 Å². The van der Waals surface area contributed by atoms with Crippen molar-refractivity contribution in [2.75, 3.05) is 7.05 Å². The van der Waals surface area contributed by atoms with Crippen molar-refractivity contribution in [3.05, 3.63) is 76.6 Å². The van der Waals surface area contributed by atoms with Crippen LogP contribution in [0.4, 0.5) is 0 Å². The molecule has 5 nitrogen and oxygen atoms in total. The molecule has 0 saturated carbocycles. The van der Waals surface area contributed by atoms with Crippen LogP contribution in [-0.2, 0) is 13.0 Å². The molecule has 2 heterocycles. The normalized spacial score (nSPS) is 15.3. The highest BCUT2D eigenvalue weighted by molar-refractivity contribution is 6.33. The van der Waals surface area contributed by atoms with Gasteiger partial charge in [-0.2, -0.15) is 5.10 Å². The Kier molecular flexibility index (Phi) is 4.62. The van der Waals surface area contributed by atoms with E-state index in [2.05, 4.69) is 18.1 Å². The van der Waals surface area contributed by atoms with Gasteiger partial charge in [-0.1, -0.05) is 23.7 Å². The molecule has 138 valence electrons. The highest BCUT2D eigenvalue weighted by atomic mass is 35.5. The number of carbonyl (C=O) groups is 1. The van der Waals surface area contributed by atoms with Crippen LogP contribution in [0.15, 0.2) is 54.9 Å². The molecule has 3 aromatic rings. The molecular formula is C21H20ClN3O2. The molecule has 0 N–H and O–H groups in total. The van der Waals surface area contributed by atoms with Crippen LogP contribution in [0.3, 0.4) is 0 Å². The number of ether oxygens (including phenoxy) is 1. The van der Waals surface area contributed by atoms with Crippen molar-refractivity contribution in [2.24, 2.45) is 0 Å². The molecular weight excluding hydrogens is 362 g/mol. The van der Waals surface area contributed by atoms with Crippen molar-refractivity contribution in [3.8, 4) is 11.4 Å². The van der Waals surface area contributed by atoms with Gasteiger partial charge in [0, 0.05) is 32.4 Å². The summed E-state index contributed by atoms with van der Waals surface area (Å²) in [6.07, 6.45) is 4.63. The minimum atomic E-state index is -0.126. The molecule has 1 aliphatic rings. The molecule has 0 fully saturated rings. The van der Waals surface area contributed by atoms with E-state index < -0.39 is 0 Å². The number of hydrogen-bond donors (Lipinski definition) is 0. The molecule has 1 atom stereocenters. The Hall–Kier alpha value is -2.79. The van der Waals surface area contributed by atoms with E-state index in [1.54, 1.807) is 35.0 Å². The molecule has 27 heavy (non-hydrogen) atoms. The Morgan fingerprint density at radius 3 is 2.96 bits per heavy atom. The lowest BCUT2D eigenvalue weighted by molar-refractivity contribution is 0.0785. The van der Waals surface area contributed by atoms with Gasteiger partial charge in [-0.05, 0) is 48.4 Å². The van der Waals surface area contributed by atoms with Gasteiger partial charge in [-0.3, -0.25) is 4.79 Å². The summed E-state index contributed by atoms with van der Waals surface area (Å²) in [6.45, 7) is 2.56. The van der Waals surface area contributed by atoms with Gasteiger partial charge in [0.15, 0.2) is 0 Å². The second-order valence-electron chi connectivity index (χ2n) is 6.85. The third-order valence-electron chi connectivity index (χ3n) is 4.68. The number of hydrogen-bond acceptors (Lipinski definition) is 3. The van der Waals surface area contributed by atoms with E-state index in [1.807, 2.05) is 30.5 Å². The lowest BCUT2D eigenvalue weighted by Gasteiger charge is -2.19. The number of halogens is 1. The second kappa shape index (κ2) is 7.08. The van der Waals surface area contributed by atoms with E-state index in [9.17, 15) is 4.79 Å². The van der Waals surface area contributed by atoms with Gasteiger partial charge >= 0.3 is 0 Å². The number of rotatable bonds is 4. The maximum absolute atomic E-state index is 13.0. The molecule has 4 rings (SSSR count). The molecule has 0 aliphatic carbocycles. The molecule has 0 spiro atoms. The Morgan fingerprint density at radius 1 is 1.33 bits per heavy atom. The van der Waals surface area contributed by atoms with Crippen LogP contribution in [0.25, 0.3) is 5.69 Å². The molecule has 2 aromatic carbocycles. The zero-order valence-electron chi connectivity index (χ0n) is 15.2. The lowest BCUT2D eigenvalue weighted by atomic mass is 10.1. The van der Waals surface area contributed by atoms with Gasteiger partial charge in [-0.15, -0.1) is 0 Å². The summed E-state index contributed by atoms with van der Waals surface area (Å²) in [4.78, 5) is 14.6. The average molecular weight is 382 g/mol. The van der Waals surface area contributed by atoms with Crippen molar-refractivity contribution in [2.45, 2.75) is 26.0 Å². The molecule has 0 bridgehead atoms. The standard InChI is InChI=1S/C21H20ClN3O2/c1-14-10-16-11-15(4-7-20(16)27-14)13-24(2)21(26)18-12-17(5-6-19(18)22)25-9-3-8-23-25/h3-9,11-12,14H,10,13H2,1-2H3. The van der Waals surface area contributed by atoms with E-state index in [1.165, 1.54) is 5.56 Å². The first-order valence-electron chi connectivity index (χ1n) is 8.85. The van der Waals surface area contributed by atoms with Crippen molar-refractivity contribution in [1.82, 2.24) is 14.7 Å². The monoisotopic (exact) mass is 381 g/mol. The average Bonchev–Trinajstić information content (AvgIpc) is 3.30. The topological polar surface area (TPSA) is 47.4 Å². The molecule has 1 unspecified atom stereocenters. The fourth-order valence-corrected chi connectivity index (χ4v) is 3.56. The summed E-state index contributed by atoms with van der Waals surface area (Å²) in [5, 5.41) is 4.63. The van der Waals surface area contributed by atoms with Gasteiger partial charge in [0.1, 0.15) is 11.9 Å². The third-order valence-corrected chi connectivity index (χ3v) is 5.01. The van der Waals surface area contributed by atoms with E-state index in [0.29, 0.717) is 17.1 Å². The Bertz CT molecular complexity index is 985. The maximum Gasteiger partial charge on any atom is 0.255 e. The zero-order valence-corrected chi connectivity index (χ0v) is 16.0. The van der Waals surface area contributed by atoms with E-state index in [0.717, 1.165) is 23.4 Å². The second-order valence-corrected chi connectivity index (χ2v) is 7.26. The smallest absolute Gasteiger partial charge is 0.255 e. The largest absolute Gasteiger partial charge is 0.490 e. The molecule has 1 amide bonds. The molecule has 0 radical (unpaired) electrons. The van der Waals surface area contributed by atoms with Crippen molar-refractivity contribution in [3.63, 3.8) is 0 Å². The van der Waals surface area contributed by atoms with Crippen molar-refractivity contribution < 1.29 is 9.53 Å². The first-order valence-corrected chi connectivity index (χ1v) is 9.22. The van der Waals surface area contributed by atoms with Gasteiger partial charge in [-0.25, -0.2) is 4.68 Å². The van der Waals surface area contributed by atoms with E-state index >= 15 is 0 Å². The number of aromatic nitrogens is 2. The van der Waals surface area contributed by atoms with E-state index in [4.69, 9.17) is 16.3 Å². The third kappa shape index (κ3) is 3.55. The van der Waals surface area contributed by atoms with Gasteiger partial charge in [0.25, 0.3) is 5.91 Å². The minimum Gasteiger partial charge on any atom is -0.490 e. The number of fused-ring (bicyclic) bond motifs is 1. The predicted octanol–water partition coefficient (Wildman–Crippen LogP) is 4.12. The fraction of sp³-hybridized carbons (Fsp3) is 0.238. The van der Waals surface area contributed by atoms with Crippen LogP contribution >= 0.6 is 11.6 Å². The van der Waals surface area contributed by atoms with Crippen LogP contribution in [0.5, 0.6) is 5.75 Å². The van der Waals surface area contributed by atoms with E-state index in [-0.39, 0.29) is 12.0 Å². The van der Waals surface area contributed by atoms with Gasteiger partial charge in [0.05, 0.1) is 16.3 Å². The highest BCUT2D eigenvalue weighted by Crippen LogP contribution is 2.30. The quantitative estimate of drug-likeness (QED) is 0.683. The molecule has 1 aromatic heterocycles. The number of nitrogens with zero attached hydrogens (tertiary/aromatic N) is 3. The predicted molar refractivity (Wildman–Crippen MR) is 105 cm³/mol. The Balaban J connectivity index is 1.54. The number of amides is 1. The molecule has 0 saturated heterocycles. The summed E-state index contributed by atoms with van der Waals surface area (Å²) in [6, 6.07) is 13.3. The Morgan fingerprint density at radius 2 is 2.19 bits per heavy atom. The van der Waals surface area contributed by atoms with Crippen LogP contribution in [-0.4, -0.2) is 33.7 Å². The summed E-state index contributed by atoms with van der Waals surface area (Å²) in [7, 11) is 1.78. The van der Waals surface area contributed by atoms with Crippen LogP contribution < -0.4 is 4.74 Å². The minimum absolute atomic E-state index is 0.126. The first kappa shape index (κ1) is 17.6. The highest BCUT2D eigenvalue weighted by Gasteiger charge is 2.21. The van der Waals surface area contributed by atoms with Gasteiger partial charge in [0.2, 0.25) is 0 Å². The van der Waals surface area contributed by atoms with Crippen LogP contribution in [0.2, 0.25) is 5.02 Å². The molecule has 1 aliphatic heterocycles. The maximum atomic E-state index is 13.0. The zero-order chi connectivity index (χ0) is 19.0. The van der Waals surface area contributed by atoms with Crippen molar-refractivity contribution in [1.29, 1.82) is 0 Å². The van der Waals surface area contributed by atoms with Crippen molar-refractivity contribution >= 4 is 17.5 Å². The fourth-order valence-electron chi connectivity index (χ4n) is 3.37. The summed E-state index contributed by atoms with van der Waals surface area (Å²) in [5.74, 6) is 0.814. The van der Waals surface area contributed by atoms with Gasteiger partial charge < -0.3 is 9.64 Å². The first-order chi connectivity index (χ1) is 13.0. The summed E-state index contributed by atoms with van der Waals surface area (Å²) in [5.41, 5.74) is 3.52. The van der Waals surface area contributed by atoms with Crippen LogP contribution in [0, 0.1) is 0 Å². The molecule has 6 heteroatoms. The number of carbonyl (C=O) groups excluding carboxylic acids is 1. The Labute approximate surface area is 163 Å².